The number of likely N-dealkylation sites (N-methyl/N-ethyl adjacent to an activating group) is 1. The third kappa shape index (κ3) is 5.53. The Hall–Kier alpha value is -4.70. The maximum atomic E-state index is 15.4. The molecule has 3 heterocycles. The Morgan fingerprint density at radius 1 is 1.00 bits per heavy atom. The molecule has 9 nitrogen and oxygen atoms in total. The molecule has 2 aliphatic rings. The first-order valence-corrected chi connectivity index (χ1v) is 15.0. The van der Waals surface area contributed by atoms with E-state index in [1.165, 1.54) is 0 Å². The molecule has 10 heteroatoms. The summed E-state index contributed by atoms with van der Waals surface area (Å²) in [5.74, 6) is 0.993. The number of amides is 2. The van der Waals surface area contributed by atoms with Crippen LogP contribution in [0.3, 0.4) is 0 Å². The van der Waals surface area contributed by atoms with Crippen LogP contribution < -0.4 is 24.8 Å². The highest BCUT2D eigenvalue weighted by atomic mass is 19.1. The van der Waals surface area contributed by atoms with E-state index in [1.807, 2.05) is 63.2 Å². The molecule has 0 saturated carbocycles. The number of urea groups is 1. The first-order chi connectivity index (χ1) is 21.3. The van der Waals surface area contributed by atoms with Crippen molar-refractivity contribution in [2.45, 2.75) is 33.7 Å². The van der Waals surface area contributed by atoms with E-state index in [1.54, 1.807) is 35.2 Å². The molecule has 0 atom stereocenters. The van der Waals surface area contributed by atoms with Crippen molar-refractivity contribution < 1.29 is 13.9 Å². The zero-order chi connectivity index (χ0) is 31.0. The normalized spacial score (nSPS) is 15.4. The molecule has 3 aromatic carbocycles. The van der Waals surface area contributed by atoms with Gasteiger partial charge in [0.05, 0.1) is 30.7 Å². The van der Waals surface area contributed by atoms with Crippen LogP contribution >= 0.6 is 0 Å². The number of hydrogen-bond donors (Lipinski definition) is 1. The SMILES string of the molecule is CCc1cc(OC)ccc1N1C(=O)N(c2c(C)cccc2C)Cc2cnc(Nc3ccc(N4CCN(C)CC4)cc3F)nc21. The van der Waals surface area contributed by atoms with Gasteiger partial charge in [0.1, 0.15) is 11.6 Å². The van der Waals surface area contributed by atoms with Gasteiger partial charge in [0.15, 0.2) is 5.82 Å². The maximum Gasteiger partial charge on any atom is 0.335 e. The molecule has 0 radical (unpaired) electrons. The largest absolute Gasteiger partial charge is 0.497 e. The minimum absolute atomic E-state index is 0.208. The molecule has 1 N–H and O–H groups in total. The number of para-hydroxylation sites is 1. The first-order valence-electron chi connectivity index (χ1n) is 15.0. The molecule has 6 rings (SSSR count). The Morgan fingerprint density at radius 3 is 2.43 bits per heavy atom. The highest BCUT2D eigenvalue weighted by molar-refractivity contribution is 6.11. The van der Waals surface area contributed by atoms with Crippen LogP contribution in [-0.2, 0) is 13.0 Å². The third-order valence-corrected chi connectivity index (χ3v) is 8.49. The maximum absolute atomic E-state index is 15.4. The molecule has 2 amide bonds. The van der Waals surface area contributed by atoms with Crippen LogP contribution in [0.1, 0.15) is 29.2 Å². The number of rotatable bonds is 7. The second-order valence-electron chi connectivity index (χ2n) is 11.4. The summed E-state index contributed by atoms with van der Waals surface area (Å²) < 4.78 is 20.8. The van der Waals surface area contributed by atoms with Gasteiger partial charge in [0, 0.05) is 43.6 Å². The Labute approximate surface area is 257 Å². The van der Waals surface area contributed by atoms with Crippen molar-refractivity contribution in [2.75, 3.05) is 60.4 Å². The molecule has 1 aromatic heterocycles. The van der Waals surface area contributed by atoms with E-state index in [0.717, 1.165) is 59.8 Å². The van der Waals surface area contributed by atoms with Crippen LogP contribution in [0, 0.1) is 19.7 Å². The fourth-order valence-corrected chi connectivity index (χ4v) is 6.01. The van der Waals surface area contributed by atoms with Gasteiger partial charge in [0.2, 0.25) is 5.95 Å². The minimum atomic E-state index is -0.389. The number of aryl methyl sites for hydroxylation is 3. The summed E-state index contributed by atoms with van der Waals surface area (Å²) >= 11 is 0. The lowest BCUT2D eigenvalue weighted by molar-refractivity contribution is 0.252. The number of fused-ring (bicyclic) bond motifs is 1. The standard InChI is InChI=1S/C34H38FN7O2/c1-6-24-18-27(44-5)11-13-30(24)42-32-25(21-41(34(42)43)31-22(2)8-7-9-23(31)3)20-36-33(38-32)37-29-12-10-26(19-28(29)35)40-16-14-39(4)15-17-40/h7-13,18-20H,6,14-17,21H2,1-5H3,(H,36,37,38). The number of hydrogen-bond acceptors (Lipinski definition) is 7. The zero-order valence-corrected chi connectivity index (χ0v) is 25.9. The summed E-state index contributed by atoms with van der Waals surface area (Å²) in [6, 6.07) is 16.6. The van der Waals surface area contributed by atoms with Gasteiger partial charge in [-0.25, -0.2) is 19.1 Å². The average Bonchev–Trinajstić information content (AvgIpc) is 3.02. The predicted molar refractivity (Wildman–Crippen MR) is 173 cm³/mol. The molecule has 2 aliphatic heterocycles. The third-order valence-electron chi connectivity index (χ3n) is 8.49. The molecule has 228 valence electrons. The Morgan fingerprint density at radius 2 is 1.75 bits per heavy atom. The number of nitrogens with zero attached hydrogens (tertiary/aromatic N) is 6. The first kappa shape index (κ1) is 29.4. The van der Waals surface area contributed by atoms with Crippen LogP contribution in [0.15, 0.2) is 60.8 Å². The van der Waals surface area contributed by atoms with E-state index in [0.29, 0.717) is 30.2 Å². The van der Waals surface area contributed by atoms with Crippen LogP contribution in [0.5, 0.6) is 5.75 Å². The zero-order valence-electron chi connectivity index (χ0n) is 25.9. The highest BCUT2D eigenvalue weighted by Gasteiger charge is 2.36. The van der Waals surface area contributed by atoms with Gasteiger partial charge in [-0.1, -0.05) is 25.1 Å². The van der Waals surface area contributed by atoms with Gasteiger partial charge in [-0.05, 0) is 80.4 Å². The Kier molecular flexibility index (Phi) is 8.09. The molecule has 1 saturated heterocycles. The van der Waals surface area contributed by atoms with E-state index in [4.69, 9.17) is 9.72 Å². The number of anilines is 6. The average molecular weight is 596 g/mol. The topological polar surface area (TPSA) is 77.1 Å². The van der Waals surface area contributed by atoms with E-state index >= 15 is 4.39 Å². The number of methoxy groups -OCH3 is 1. The van der Waals surface area contributed by atoms with Crippen molar-refractivity contribution >= 4 is 40.5 Å². The molecule has 0 bridgehead atoms. The van der Waals surface area contributed by atoms with E-state index in [9.17, 15) is 4.79 Å². The van der Waals surface area contributed by atoms with Crippen molar-refractivity contribution in [3.63, 3.8) is 0 Å². The van der Waals surface area contributed by atoms with Crippen molar-refractivity contribution in [1.82, 2.24) is 14.9 Å². The lowest BCUT2D eigenvalue weighted by atomic mass is 10.0. The molecular weight excluding hydrogens is 557 g/mol. The van der Waals surface area contributed by atoms with Crippen molar-refractivity contribution in [2.24, 2.45) is 0 Å². The van der Waals surface area contributed by atoms with Gasteiger partial charge in [-0.3, -0.25) is 4.90 Å². The van der Waals surface area contributed by atoms with Crippen LogP contribution in [-0.4, -0.2) is 61.2 Å². The van der Waals surface area contributed by atoms with Gasteiger partial charge in [-0.15, -0.1) is 0 Å². The van der Waals surface area contributed by atoms with Crippen molar-refractivity contribution in [3.8, 4) is 5.75 Å². The fourth-order valence-electron chi connectivity index (χ4n) is 6.01. The number of ether oxygens (including phenoxy) is 1. The summed E-state index contributed by atoms with van der Waals surface area (Å²) in [6.07, 6.45) is 2.40. The lowest BCUT2D eigenvalue weighted by Crippen LogP contribution is -2.46. The van der Waals surface area contributed by atoms with Gasteiger partial charge in [0.25, 0.3) is 0 Å². The van der Waals surface area contributed by atoms with Gasteiger partial charge >= 0.3 is 6.03 Å². The van der Waals surface area contributed by atoms with Crippen molar-refractivity contribution in [3.05, 3.63) is 88.9 Å². The number of nitrogens with one attached hydrogen (secondary N) is 1. The summed E-state index contributed by atoms with van der Waals surface area (Å²) in [6.45, 7) is 9.94. The van der Waals surface area contributed by atoms with Crippen LogP contribution in [0.2, 0.25) is 0 Å². The fraction of sp³-hybridized carbons (Fsp3) is 0.324. The second kappa shape index (κ2) is 12.1. The summed E-state index contributed by atoms with van der Waals surface area (Å²) in [5, 5.41) is 3.06. The van der Waals surface area contributed by atoms with Crippen molar-refractivity contribution in [1.29, 1.82) is 0 Å². The lowest BCUT2D eigenvalue weighted by Gasteiger charge is -2.38. The number of benzene rings is 3. The Bertz CT molecular complexity index is 1680. The monoisotopic (exact) mass is 595 g/mol. The van der Waals surface area contributed by atoms with Gasteiger partial charge < -0.3 is 19.9 Å². The summed E-state index contributed by atoms with van der Waals surface area (Å²) in [7, 11) is 3.72. The van der Waals surface area contributed by atoms with Crippen LogP contribution in [0.25, 0.3) is 0 Å². The number of carbonyl (C=O) groups excluding carboxylic acids is 1. The van der Waals surface area contributed by atoms with Gasteiger partial charge in [-0.2, -0.15) is 4.98 Å². The molecule has 0 spiro atoms. The summed E-state index contributed by atoms with van der Waals surface area (Å²) in [5.41, 5.74) is 6.41. The number of carbonyl (C=O) groups is 1. The quantitative estimate of drug-likeness (QED) is 0.259. The minimum Gasteiger partial charge on any atom is -0.497 e. The molecule has 0 aliphatic carbocycles. The van der Waals surface area contributed by atoms with E-state index in [-0.39, 0.29) is 23.5 Å². The highest BCUT2D eigenvalue weighted by Crippen LogP contribution is 2.40. The van der Waals surface area contributed by atoms with E-state index in [2.05, 4.69) is 27.1 Å². The molecule has 4 aromatic rings. The number of aromatic nitrogens is 2. The second-order valence-corrected chi connectivity index (χ2v) is 11.4. The predicted octanol–water partition coefficient (Wildman–Crippen LogP) is 6.58. The number of halogens is 1. The smallest absolute Gasteiger partial charge is 0.335 e. The Balaban J connectivity index is 1.38. The summed E-state index contributed by atoms with van der Waals surface area (Å²) in [4.78, 5) is 31.7. The van der Waals surface area contributed by atoms with Crippen LogP contribution in [0.4, 0.5) is 43.7 Å². The molecule has 0 unspecified atom stereocenters. The number of piperazine rings is 1. The molecule has 1 fully saturated rings. The molecule has 44 heavy (non-hydrogen) atoms. The molecular formula is C34H38FN7O2. The van der Waals surface area contributed by atoms with E-state index < -0.39 is 0 Å².